The van der Waals surface area contributed by atoms with E-state index in [1.165, 1.54) is 15.3 Å². The van der Waals surface area contributed by atoms with Gasteiger partial charge in [0.05, 0.1) is 13.2 Å². The Labute approximate surface area is 126 Å². The van der Waals surface area contributed by atoms with Crippen LogP contribution in [0.1, 0.15) is 28.3 Å². The van der Waals surface area contributed by atoms with Crippen LogP contribution < -0.4 is 5.73 Å². The summed E-state index contributed by atoms with van der Waals surface area (Å²) < 4.78 is 10.6. The highest BCUT2D eigenvalue weighted by Crippen LogP contribution is 2.30. The van der Waals surface area contributed by atoms with E-state index in [2.05, 4.69) is 31.7 Å². The molecule has 0 radical (unpaired) electrons. The third-order valence-corrected chi connectivity index (χ3v) is 4.57. The van der Waals surface area contributed by atoms with Gasteiger partial charge in [-0.2, -0.15) is 0 Å². The fraction of sp³-hybridized carbons (Fsp3) is 0.733. The third kappa shape index (κ3) is 4.53. The highest BCUT2D eigenvalue weighted by Gasteiger charge is 2.25. The number of thiophene rings is 1. The van der Waals surface area contributed by atoms with Crippen molar-refractivity contribution in [1.82, 2.24) is 4.90 Å². The molecule has 0 bridgehead atoms. The predicted molar refractivity (Wildman–Crippen MR) is 85.5 cm³/mol. The van der Waals surface area contributed by atoms with Crippen LogP contribution in [0.25, 0.3) is 0 Å². The zero-order chi connectivity index (χ0) is 15.1. The molecule has 1 aromatic heterocycles. The minimum Gasteiger partial charge on any atom is -0.383 e. The van der Waals surface area contributed by atoms with Gasteiger partial charge in [-0.1, -0.05) is 0 Å². The molecule has 1 rings (SSSR count). The fourth-order valence-corrected chi connectivity index (χ4v) is 3.62. The van der Waals surface area contributed by atoms with E-state index in [1.807, 2.05) is 11.3 Å². The molecule has 116 valence electrons. The molecule has 20 heavy (non-hydrogen) atoms. The smallest absolute Gasteiger partial charge is 0.0615 e. The van der Waals surface area contributed by atoms with Gasteiger partial charge in [-0.05, 0) is 32.4 Å². The second-order valence-electron chi connectivity index (χ2n) is 5.16. The van der Waals surface area contributed by atoms with Crippen LogP contribution in [0.3, 0.4) is 0 Å². The van der Waals surface area contributed by atoms with Gasteiger partial charge in [-0.25, -0.2) is 0 Å². The van der Waals surface area contributed by atoms with E-state index in [0.29, 0.717) is 25.8 Å². The molecule has 0 amide bonds. The van der Waals surface area contributed by atoms with Crippen molar-refractivity contribution in [3.8, 4) is 0 Å². The maximum atomic E-state index is 6.07. The standard InChI is InChI=1S/C15H28N2O2S/c1-11(10-19-5)17(6-7-18-4)15(9-16)14-8-12(2)20-13(14)3/h8,11,15H,6-7,9-10,16H2,1-5H3. The second kappa shape index (κ2) is 8.74. The van der Waals surface area contributed by atoms with Crippen molar-refractivity contribution >= 4 is 11.3 Å². The third-order valence-electron chi connectivity index (χ3n) is 3.59. The first-order valence-corrected chi connectivity index (χ1v) is 7.87. The van der Waals surface area contributed by atoms with Crippen LogP contribution in [0.4, 0.5) is 0 Å². The van der Waals surface area contributed by atoms with Crippen molar-refractivity contribution in [3.63, 3.8) is 0 Å². The monoisotopic (exact) mass is 300 g/mol. The second-order valence-corrected chi connectivity index (χ2v) is 6.62. The van der Waals surface area contributed by atoms with E-state index in [9.17, 15) is 0 Å². The molecule has 0 aromatic carbocycles. The van der Waals surface area contributed by atoms with Crippen molar-refractivity contribution in [1.29, 1.82) is 0 Å². The molecule has 1 heterocycles. The first kappa shape index (κ1) is 17.6. The lowest BCUT2D eigenvalue weighted by atomic mass is 10.0. The maximum absolute atomic E-state index is 6.07. The molecule has 2 atom stereocenters. The van der Waals surface area contributed by atoms with E-state index in [-0.39, 0.29) is 6.04 Å². The minimum absolute atomic E-state index is 0.222. The van der Waals surface area contributed by atoms with Gasteiger partial charge in [-0.3, -0.25) is 4.90 Å². The van der Waals surface area contributed by atoms with Gasteiger partial charge < -0.3 is 15.2 Å². The Balaban J connectivity index is 2.97. The van der Waals surface area contributed by atoms with Crippen LogP contribution in [-0.4, -0.2) is 51.5 Å². The Hall–Kier alpha value is -0.460. The SMILES string of the molecule is COCCN(C(C)COC)C(CN)c1cc(C)sc1C. The molecule has 0 saturated heterocycles. The number of hydrogen-bond donors (Lipinski definition) is 1. The molecule has 2 unspecified atom stereocenters. The van der Waals surface area contributed by atoms with Gasteiger partial charge in [-0.15, -0.1) is 11.3 Å². The summed E-state index contributed by atoms with van der Waals surface area (Å²) in [6.07, 6.45) is 0. The Bertz CT molecular complexity index is 395. The first-order chi connectivity index (χ1) is 9.54. The van der Waals surface area contributed by atoms with Crippen molar-refractivity contribution in [2.24, 2.45) is 5.73 Å². The van der Waals surface area contributed by atoms with E-state index in [4.69, 9.17) is 15.2 Å². The normalized spacial score (nSPS) is 14.8. The summed E-state index contributed by atoms with van der Waals surface area (Å²) >= 11 is 1.83. The highest BCUT2D eigenvalue weighted by atomic mass is 32.1. The zero-order valence-corrected chi connectivity index (χ0v) is 14.1. The number of rotatable bonds is 9. The van der Waals surface area contributed by atoms with Crippen LogP contribution in [0.2, 0.25) is 0 Å². The van der Waals surface area contributed by atoms with Gasteiger partial charge in [0.1, 0.15) is 0 Å². The zero-order valence-electron chi connectivity index (χ0n) is 13.3. The van der Waals surface area contributed by atoms with Crippen molar-refractivity contribution in [3.05, 3.63) is 21.4 Å². The Morgan fingerprint density at radius 1 is 1.30 bits per heavy atom. The molecular weight excluding hydrogens is 272 g/mol. The van der Waals surface area contributed by atoms with E-state index >= 15 is 0 Å². The molecular formula is C15H28N2O2S. The molecule has 4 nitrogen and oxygen atoms in total. The Morgan fingerprint density at radius 3 is 2.45 bits per heavy atom. The summed E-state index contributed by atoms with van der Waals surface area (Å²) in [6, 6.07) is 2.79. The van der Waals surface area contributed by atoms with Crippen LogP contribution in [0.15, 0.2) is 6.07 Å². The summed E-state index contributed by atoms with van der Waals surface area (Å²) in [7, 11) is 3.47. The van der Waals surface area contributed by atoms with Crippen molar-refractivity contribution in [2.45, 2.75) is 32.9 Å². The molecule has 0 saturated carbocycles. The highest BCUT2D eigenvalue weighted by molar-refractivity contribution is 7.12. The van der Waals surface area contributed by atoms with Crippen LogP contribution in [-0.2, 0) is 9.47 Å². The Morgan fingerprint density at radius 2 is 2.00 bits per heavy atom. The number of nitrogens with two attached hydrogens (primary N) is 1. The molecule has 0 fully saturated rings. The van der Waals surface area contributed by atoms with Gasteiger partial charge in [0.25, 0.3) is 0 Å². The van der Waals surface area contributed by atoms with Crippen LogP contribution in [0.5, 0.6) is 0 Å². The summed E-state index contributed by atoms with van der Waals surface area (Å²) in [6.45, 7) is 9.36. The average molecular weight is 300 g/mol. The first-order valence-electron chi connectivity index (χ1n) is 7.05. The summed E-state index contributed by atoms with van der Waals surface area (Å²) in [4.78, 5) is 5.08. The quantitative estimate of drug-likeness (QED) is 0.760. The topological polar surface area (TPSA) is 47.7 Å². The summed E-state index contributed by atoms with van der Waals surface area (Å²) in [5, 5.41) is 0. The minimum atomic E-state index is 0.222. The molecule has 0 aliphatic heterocycles. The number of ether oxygens (including phenoxy) is 2. The molecule has 1 aromatic rings. The van der Waals surface area contributed by atoms with E-state index in [1.54, 1.807) is 14.2 Å². The van der Waals surface area contributed by atoms with Gasteiger partial charge in [0, 0.05) is 49.1 Å². The molecule has 5 heteroatoms. The average Bonchev–Trinajstić information content (AvgIpc) is 2.73. The van der Waals surface area contributed by atoms with Gasteiger partial charge >= 0.3 is 0 Å². The summed E-state index contributed by atoms with van der Waals surface area (Å²) in [5.41, 5.74) is 7.41. The number of hydrogen-bond acceptors (Lipinski definition) is 5. The molecule has 0 aliphatic rings. The Kier molecular flexibility index (Phi) is 7.69. The van der Waals surface area contributed by atoms with Gasteiger partial charge in [0.2, 0.25) is 0 Å². The van der Waals surface area contributed by atoms with Gasteiger partial charge in [0.15, 0.2) is 0 Å². The van der Waals surface area contributed by atoms with E-state index < -0.39 is 0 Å². The van der Waals surface area contributed by atoms with Crippen molar-refractivity contribution in [2.75, 3.05) is 40.5 Å². The van der Waals surface area contributed by atoms with Crippen molar-refractivity contribution < 1.29 is 9.47 Å². The largest absolute Gasteiger partial charge is 0.383 e. The fourth-order valence-electron chi connectivity index (χ4n) is 2.64. The number of aryl methyl sites for hydroxylation is 2. The maximum Gasteiger partial charge on any atom is 0.0615 e. The molecule has 0 aliphatic carbocycles. The predicted octanol–water partition coefficient (Wildman–Crippen LogP) is 2.35. The van der Waals surface area contributed by atoms with Crippen LogP contribution in [0, 0.1) is 13.8 Å². The van der Waals surface area contributed by atoms with Crippen LogP contribution >= 0.6 is 11.3 Å². The lowest BCUT2D eigenvalue weighted by Gasteiger charge is -2.35. The number of nitrogens with zero attached hydrogens (tertiary/aromatic N) is 1. The lowest BCUT2D eigenvalue weighted by molar-refractivity contribution is 0.0486. The lowest BCUT2D eigenvalue weighted by Crippen LogP contribution is -2.44. The molecule has 0 spiro atoms. The number of methoxy groups -OCH3 is 2. The van der Waals surface area contributed by atoms with E-state index in [0.717, 1.165) is 6.54 Å². The molecule has 2 N–H and O–H groups in total. The summed E-state index contributed by atoms with van der Waals surface area (Å²) in [5.74, 6) is 0.